The smallest absolute Gasteiger partial charge is 0.227 e. The summed E-state index contributed by atoms with van der Waals surface area (Å²) < 4.78 is 10.2. The molecule has 0 saturated carbocycles. The molecule has 6 nitrogen and oxygen atoms in total. The SMILES string of the molecule is COc1cc(CNC(=O)C2COCC2N)ccn1. The second-order valence-corrected chi connectivity index (χ2v) is 4.23. The lowest BCUT2D eigenvalue weighted by Gasteiger charge is -2.13. The number of amides is 1. The Kier molecular flexibility index (Phi) is 4.11. The summed E-state index contributed by atoms with van der Waals surface area (Å²) in [7, 11) is 1.56. The van der Waals surface area contributed by atoms with E-state index in [9.17, 15) is 4.79 Å². The number of aromatic nitrogens is 1. The van der Waals surface area contributed by atoms with Crippen molar-refractivity contribution in [1.82, 2.24) is 10.3 Å². The summed E-state index contributed by atoms with van der Waals surface area (Å²) in [6.07, 6.45) is 1.64. The molecule has 2 rings (SSSR count). The number of carbonyl (C=O) groups is 1. The molecule has 18 heavy (non-hydrogen) atoms. The van der Waals surface area contributed by atoms with Crippen molar-refractivity contribution in [3.05, 3.63) is 23.9 Å². The fourth-order valence-corrected chi connectivity index (χ4v) is 1.83. The first-order chi connectivity index (χ1) is 8.70. The molecule has 2 atom stereocenters. The molecule has 2 heterocycles. The van der Waals surface area contributed by atoms with Gasteiger partial charge in [-0.1, -0.05) is 0 Å². The number of nitrogens with zero attached hydrogens (tertiary/aromatic N) is 1. The number of hydrogen-bond acceptors (Lipinski definition) is 5. The fraction of sp³-hybridized carbons (Fsp3) is 0.500. The lowest BCUT2D eigenvalue weighted by Crippen LogP contribution is -2.40. The van der Waals surface area contributed by atoms with Crippen molar-refractivity contribution >= 4 is 5.91 Å². The number of methoxy groups -OCH3 is 1. The van der Waals surface area contributed by atoms with Crippen molar-refractivity contribution in [1.29, 1.82) is 0 Å². The predicted molar refractivity (Wildman–Crippen MR) is 64.9 cm³/mol. The third kappa shape index (κ3) is 2.96. The van der Waals surface area contributed by atoms with Gasteiger partial charge in [0.05, 0.1) is 26.2 Å². The van der Waals surface area contributed by atoms with Crippen LogP contribution in [0.2, 0.25) is 0 Å². The first-order valence-electron chi connectivity index (χ1n) is 5.80. The number of rotatable bonds is 4. The van der Waals surface area contributed by atoms with Gasteiger partial charge in [-0.3, -0.25) is 4.79 Å². The Hall–Kier alpha value is -1.66. The lowest BCUT2D eigenvalue weighted by atomic mass is 10.0. The zero-order chi connectivity index (χ0) is 13.0. The van der Waals surface area contributed by atoms with E-state index in [1.807, 2.05) is 6.07 Å². The molecular formula is C12H17N3O3. The topological polar surface area (TPSA) is 86.5 Å². The van der Waals surface area contributed by atoms with Crippen LogP contribution in [0.4, 0.5) is 0 Å². The highest BCUT2D eigenvalue weighted by Crippen LogP contribution is 2.12. The normalized spacial score (nSPS) is 22.8. The van der Waals surface area contributed by atoms with Crippen LogP contribution in [0.1, 0.15) is 5.56 Å². The summed E-state index contributed by atoms with van der Waals surface area (Å²) in [5.74, 6) is 0.201. The number of nitrogens with two attached hydrogens (primary N) is 1. The van der Waals surface area contributed by atoms with Crippen molar-refractivity contribution in [3.63, 3.8) is 0 Å². The van der Waals surface area contributed by atoms with Gasteiger partial charge >= 0.3 is 0 Å². The highest BCUT2D eigenvalue weighted by Gasteiger charge is 2.30. The number of nitrogens with one attached hydrogen (secondary N) is 1. The van der Waals surface area contributed by atoms with Crippen molar-refractivity contribution in [2.75, 3.05) is 20.3 Å². The zero-order valence-corrected chi connectivity index (χ0v) is 10.3. The minimum Gasteiger partial charge on any atom is -0.481 e. The van der Waals surface area contributed by atoms with Gasteiger partial charge in [-0.15, -0.1) is 0 Å². The minimum atomic E-state index is -0.256. The average Bonchev–Trinajstić information content (AvgIpc) is 2.82. The van der Waals surface area contributed by atoms with E-state index in [4.69, 9.17) is 15.2 Å². The molecule has 6 heteroatoms. The van der Waals surface area contributed by atoms with Gasteiger partial charge in [-0.25, -0.2) is 4.98 Å². The van der Waals surface area contributed by atoms with Crippen molar-refractivity contribution in [2.45, 2.75) is 12.6 Å². The molecule has 0 radical (unpaired) electrons. The van der Waals surface area contributed by atoms with Crippen LogP contribution in [0.15, 0.2) is 18.3 Å². The van der Waals surface area contributed by atoms with Crippen LogP contribution >= 0.6 is 0 Å². The molecule has 1 aromatic rings. The second-order valence-electron chi connectivity index (χ2n) is 4.23. The summed E-state index contributed by atoms with van der Waals surface area (Å²) in [6, 6.07) is 3.40. The fourth-order valence-electron chi connectivity index (χ4n) is 1.83. The van der Waals surface area contributed by atoms with Crippen LogP contribution in [0.5, 0.6) is 5.88 Å². The summed E-state index contributed by atoms with van der Waals surface area (Å²) in [6.45, 7) is 1.27. The number of pyridine rings is 1. The van der Waals surface area contributed by atoms with Crippen LogP contribution in [0, 0.1) is 5.92 Å². The minimum absolute atomic E-state index is 0.0734. The predicted octanol–water partition coefficient (Wildman–Crippen LogP) is -0.320. The van der Waals surface area contributed by atoms with Crippen molar-refractivity contribution in [2.24, 2.45) is 11.7 Å². The molecule has 1 amide bonds. The van der Waals surface area contributed by atoms with Crippen LogP contribution in [0.25, 0.3) is 0 Å². The van der Waals surface area contributed by atoms with E-state index in [1.54, 1.807) is 19.4 Å². The van der Waals surface area contributed by atoms with Crippen LogP contribution in [-0.4, -0.2) is 37.3 Å². The first-order valence-corrected chi connectivity index (χ1v) is 5.80. The first kappa shape index (κ1) is 12.8. The van der Waals surface area contributed by atoms with Gasteiger partial charge in [0.1, 0.15) is 0 Å². The molecule has 0 spiro atoms. The van der Waals surface area contributed by atoms with E-state index >= 15 is 0 Å². The van der Waals surface area contributed by atoms with Gasteiger partial charge < -0.3 is 20.5 Å². The third-order valence-electron chi connectivity index (χ3n) is 2.94. The monoisotopic (exact) mass is 251 g/mol. The quantitative estimate of drug-likeness (QED) is 0.766. The van der Waals surface area contributed by atoms with Crippen molar-refractivity contribution in [3.8, 4) is 5.88 Å². The molecule has 0 bridgehead atoms. The molecule has 2 unspecified atom stereocenters. The van der Waals surface area contributed by atoms with Gasteiger partial charge in [0.2, 0.25) is 11.8 Å². The van der Waals surface area contributed by atoms with Crippen molar-refractivity contribution < 1.29 is 14.3 Å². The Morgan fingerprint density at radius 1 is 1.67 bits per heavy atom. The standard InChI is InChI=1S/C12H17N3O3/c1-17-11-4-8(2-3-14-11)5-15-12(16)9-6-18-7-10(9)13/h2-4,9-10H,5-7,13H2,1H3,(H,15,16). The zero-order valence-electron chi connectivity index (χ0n) is 10.3. The molecule has 1 fully saturated rings. The Labute approximate surface area is 105 Å². The Bertz CT molecular complexity index is 425. The molecule has 1 aliphatic rings. The van der Waals surface area contributed by atoms with E-state index in [0.717, 1.165) is 5.56 Å². The van der Waals surface area contributed by atoms with E-state index in [0.29, 0.717) is 25.6 Å². The Morgan fingerprint density at radius 3 is 3.17 bits per heavy atom. The lowest BCUT2D eigenvalue weighted by molar-refractivity contribution is -0.125. The summed E-state index contributed by atoms with van der Waals surface area (Å²) in [5.41, 5.74) is 6.71. The average molecular weight is 251 g/mol. The molecular weight excluding hydrogens is 234 g/mol. The number of carbonyl (C=O) groups excluding carboxylic acids is 1. The maximum atomic E-state index is 11.9. The van der Waals surface area contributed by atoms with Gasteiger partial charge in [0, 0.05) is 24.8 Å². The van der Waals surface area contributed by atoms with Gasteiger partial charge in [0.15, 0.2) is 0 Å². The molecule has 1 saturated heterocycles. The van der Waals surface area contributed by atoms with Gasteiger partial charge in [0.25, 0.3) is 0 Å². The van der Waals surface area contributed by atoms with E-state index < -0.39 is 0 Å². The van der Waals surface area contributed by atoms with Crippen LogP contribution in [-0.2, 0) is 16.1 Å². The molecule has 3 N–H and O–H groups in total. The molecule has 1 aromatic heterocycles. The highest BCUT2D eigenvalue weighted by molar-refractivity contribution is 5.79. The summed E-state index contributed by atoms with van der Waals surface area (Å²) >= 11 is 0. The Morgan fingerprint density at radius 2 is 2.50 bits per heavy atom. The molecule has 98 valence electrons. The number of ether oxygens (including phenoxy) is 2. The van der Waals surface area contributed by atoms with Gasteiger partial charge in [-0.05, 0) is 11.6 Å². The highest BCUT2D eigenvalue weighted by atomic mass is 16.5. The largest absolute Gasteiger partial charge is 0.481 e. The summed E-state index contributed by atoms with van der Waals surface area (Å²) in [5, 5.41) is 2.84. The van der Waals surface area contributed by atoms with Crippen LogP contribution in [0.3, 0.4) is 0 Å². The maximum Gasteiger partial charge on any atom is 0.227 e. The summed E-state index contributed by atoms with van der Waals surface area (Å²) in [4.78, 5) is 15.9. The number of hydrogen-bond donors (Lipinski definition) is 2. The van der Waals surface area contributed by atoms with Crippen LogP contribution < -0.4 is 15.8 Å². The van der Waals surface area contributed by atoms with E-state index in [1.165, 1.54) is 0 Å². The van der Waals surface area contributed by atoms with E-state index in [-0.39, 0.29) is 17.9 Å². The molecule has 0 aromatic carbocycles. The third-order valence-corrected chi connectivity index (χ3v) is 2.94. The molecule has 0 aliphatic carbocycles. The maximum absolute atomic E-state index is 11.9. The molecule has 1 aliphatic heterocycles. The second kappa shape index (κ2) is 5.79. The Balaban J connectivity index is 1.88. The van der Waals surface area contributed by atoms with E-state index in [2.05, 4.69) is 10.3 Å². The van der Waals surface area contributed by atoms with Gasteiger partial charge in [-0.2, -0.15) is 0 Å².